The number of hydrogen-bond acceptors (Lipinski definition) is 3. The molecule has 0 aliphatic rings. The van der Waals surface area contributed by atoms with Crippen molar-refractivity contribution in [2.75, 3.05) is 12.3 Å². The molecule has 1 N–H and O–H groups in total. The largest absolute Gasteiger partial charge is 0.255 e. The summed E-state index contributed by atoms with van der Waals surface area (Å²) < 4.78 is 26.5. The standard InChI is InChI=1S/C11H11N2O2S2/c14-17(15,13-7-8-16)10-5-1-3-9-4-2-6-12-11(9)10/h1-6,13H,7-8H2. The van der Waals surface area contributed by atoms with Crippen LogP contribution in [0.2, 0.25) is 0 Å². The maximum atomic E-state index is 12.0. The van der Waals surface area contributed by atoms with E-state index < -0.39 is 10.0 Å². The van der Waals surface area contributed by atoms with Crippen LogP contribution in [0.4, 0.5) is 0 Å². The van der Waals surface area contributed by atoms with Crippen LogP contribution in [0.3, 0.4) is 0 Å². The van der Waals surface area contributed by atoms with Gasteiger partial charge in [-0.1, -0.05) is 30.8 Å². The molecule has 0 saturated carbocycles. The smallest absolute Gasteiger partial charge is 0.242 e. The first-order valence-electron chi connectivity index (χ1n) is 5.06. The summed E-state index contributed by atoms with van der Waals surface area (Å²) in [6.07, 6.45) is 1.58. The third kappa shape index (κ3) is 2.59. The molecule has 0 aliphatic heterocycles. The van der Waals surface area contributed by atoms with Crippen LogP contribution in [0.1, 0.15) is 0 Å². The number of aromatic nitrogens is 1. The first kappa shape index (κ1) is 12.3. The van der Waals surface area contributed by atoms with Gasteiger partial charge in [-0.3, -0.25) is 4.98 Å². The van der Waals surface area contributed by atoms with Gasteiger partial charge in [-0.2, -0.15) is 0 Å². The van der Waals surface area contributed by atoms with Crippen LogP contribution >= 0.6 is 12.6 Å². The van der Waals surface area contributed by atoms with Crippen LogP contribution in [0.15, 0.2) is 41.4 Å². The molecule has 0 aliphatic carbocycles. The monoisotopic (exact) mass is 267 g/mol. The second kappa shape index (κ2) is 5.03. The van der Waals surface area contributed by atoms with Crippen molar-refractivity contribution in [2.24, 2.45) is 0 Å². The van der Waals surface area contributed by atoms with E-state index in [1.54, 1.807) is 24.4 Å². The molecule has 0 bridgehead atoms. The zero-order valence-electron chi connectivity index (χ0n) is 8.96. The molecule has 1 heterocycles. The number of benzene rings is 1. The quantitative estimate of drug-likeness (QED) is 0.917. The molecule has 4 nitrogen and oxygen atoms in total. The van der Waals surface area contributed by atoms with Crippen molar-refractivity contribution in [3.63, 3.8) is 0 Å². The number of rotatable bonds is 4. The van der Waals surface area contributed by atoms with Crippen molar-refractivity contribution in [2.45, 2.75) is 4.90 Å². The Hall–Kier alpha value is -1.11. The van der Waals surface area contributed by atoms with Gasteiger partial charge in [0.2, 0.25) is 10.0 Å². The average molecular weight is 267 g/mol. The molecule has 2 rings (SSSR count). The number of para-hydroxylation sites is 1. The Balaban J connectivity index is 2.55. The number of nitrogens with one attached hydrogen (secondary N) is 1. The lowest BCUT2D eigenvalue weighted by Crippen LogP contribution is -2.25. The van der Waals surface area contributed by atoms with Gasteiger partial charge in [-0.15, -0.1) is 0 Å². The minimum Gasteiger partial charge on any atom is -0.255 e. The van der Waals surface area contributed by atoms with Crippen molar-refractivity contribution in [1.29, 1.82) is 0 Å². The third-order valence-electron chi connectivity index (χ3n) is 2.28. The molecule has 0 spiro atoms. The summed E-state index contributed by atoms with van der Waals surface area (Å²) >= 11 is 4.72. The Bertz CT molecular complexity index is 621. The SMILES string of the molecule is O=S(=O)(NCC[S])c1cccc2cccnc12. The Labute approximate surface area is 106 Å². The molecule has 6 heteroatoms. The maximum Gasteiger partial charge on any atom is 0.242 e. The highest BCUT2D eigenvalue weighted by molar-refractivity contribution is 7.89. The minimum absolute atomic E-state index is 0.194. The molecule has 0 unspecified atom stereocenters. The van der Waals surface area contributed by atoms with Crippen molar-refractivity contribution in [3.05, 3.63) is 36.5 Å². The van der Waals surface area contributed by atoms with Crippen LogP contribution in [0.5, 0.6) is 0 Å². The molecule has 0 fully saturated rings. The number of fused-ring (bicyclic) bond motifs is 1. The third-order valence-corrected chi connectivity index (χ3v) is 3.98. The molecule has 0 amide bonds. The van der Waals surface area contributed by atoms with E-state index in [-0.39, 0.29) is 11.4 Å². The van der Waals surface area contributed by atoms with Crippen molar-refractivity contribution < 1.29 is 8.42 Å². The predicted octanol–water partition coefficient (Wildman–Crippen LogP) is 1.71. The molecule has 1 aromatic heterocycles. The molecular formula is C11H11N2O2S2. The van der Waals surface area contributed by atoms with Gasteiger partial charge in [-0.05, 0) is 12.1 Å². The lowest BCUT2D eigenvalue weighted by molar-refractivity contribution is 0.585. The minimum atomic E-state index is -3.53. The van der Waals surface area contributed by atoms with Crippen molar-refractivity contribution >= 4 is 33.6 Å². The molecule has 1 aromatic carbocycles. The van der Waals surface area contributed by atoms with Crippen LogP contribution in [0, 0.1) is 0 Å². The number of hydrogen-bond donors (Lipinski definition) is 1. The summed E-state index contributed by atoms with van der Waals surface area (Å²) in [5.41, 5.74) is 0.479. The summed E-state index contributed by atoms with van der Waals surface area (Å²) in [6.45, 7) is 0.251. The zero-order chi connectivity index (χ0) is 12.3. The van der Waals surface area contributed by atoms with E-state index in [1.165, 1.54) is 0 Å². The van der Waals surface area contributed by atoms with Crippen LogP contribution < -0.4 is 4.72 Å². The summed E-state index contributed by atoms with van der Waals surface area (Å²) in [6, 6.07) is 8.67. The molecular weight excluding hydrogens is 256 g/mol. The highest BCUT2D eigenvalue weighted by Crippen LogP contribution is 2.20. The second-order valence-corrected chi connectivity index (χ2v) is 5.58. The fourth-order valence-corrected chi connectivity index (χ4v) is 2.99. The van der Waals surface area contributed by atoms with E-state index in [2.05, 4.69) is 9.71 Å². The summed E-state index contributed by atoms with van der Waals surface area (Å²) in [5, 5.41) is 0.800. The first-order chi connectivity index (χ1) is 8.15. The molecule has 17 heavy (non-hydrogen) atoms. The molecule has 0 atom stereocenters. The molecule has 1 radical (unpaired) electrons. The van der Waals surface area contributed by atoms with Gasteiger partial charge >= 0.3 is 0 Å². The van der Waals surface area contributed by atoms with Gasteiger partial charge in [0.1, 0.15) is 4.90 Å². The van der Waals surface area contributed by atoms with Gasteiger partial charge < -0.3 is 0 Å². The predicted molar refractivity (Wildman–Crippen MR) is 69.4 cm³/mol. The van der Waals surface area contributed by atoms with E-state index in [0.29, 0.717) is 11.3 Å². The number of pyridine rings is 1. The average Bonchev–Trinajstić information content (AvgIpc) is 2.36. The van der Waals surface area contributed by atoms with E-state index in [0.717, 1.165) is 5.39 Å². The molecule has 0 saturated heterocycles. The van der Waals surface area contributed by atoms with E-state index in [1.807, 2.05) is 12.1 Å². The van der Waals surface area contributed by atoms with E-state index >= 15 is 0 Å². The fraction of sp³-hybridized carbons (Fsp3) is 0.182. The Kier molecular flexibility index (Phi) is 3.66. The van der Waals surface area contributed by atoms with Crippen LogP contribution in [-0.2, 0) is 10.0 Å². The van der Waals surface area contributed by atoms with E-state index in [9.17, 15) is 8.42 Å². The topological polar surface area (TPSA) is 59.1 Å². The Morgan fingerprint density at radius 1 is 1.24 bits per heavy atom. The highest BCUT2D eigenvalue weighted by Gasteiger charge is 2.16. The lowest BCUT2D eigenvalue weighted by atomic mass is 10.2. The summed E-state index contributed by atoms with van der Waals surface area (Å²) in [5.74, 6) is 0.345. The number of sulfonamides is 1. The van der Waals surface area contributed by atoms with Crippen molar-refractivity contribution in [3.8, 4) is 0 Å². The highest BCUT2D eigenvalue weighted by atomic mass is 32.2. The van der Waals surface area contributed by atoms with Gasteiger partial charge in [0.05, 0.1) is 5.52 Å². The fourth-order valence-electron chi connectivity index (χ4n) is 1.55. The summed E-state index contributed by atoms with van der Waals surface area (Å²) in [7, 11) is -3.53. The van der Waals surface area contributed by atoms with E-state index in [4.69, 9.17) is 12.6 Å². The lowest BCUT2D eigenvalue weighted by Gasteiger charge is -2.07. The van der Waals surface area contributed by atoms with Gasteiger partial charge in [0, 0.05) is 23.9 Å². The second-order valence-electron chi connectivity index (χ2n) is 3.43. The van der Waals surface area contributed by atoms with Gasteiger partial charge in [-0.25, -0.2) is 13.1 Å². The van der Waals surface area contributed by atoms with Crippen molar-refractivity contribution in [1.82, 2.24) is 9.71 Å². The van der Waals surface area contributed by atoms with Crippen LogP contribution in [0.25, 0.3) is 10.9 Å². The Morgan fingerprint density at radius 3 is 2.76 bits per heavy atom. The first-order valence-corrected chi connectivity index (χ1v) is 7.13. The van der Waals surface area contributed by atoms with Gasteiger partial charge in [0.25, 0.3) is 0 Å². The van der Waals surface area contributed by atoms with Gasteiger partial charge in [0.15, 0.2) is 0 Å². The normalized spacial score (nSPS) is 11.8. The maximum absolute atomic E-state index is 12.0. The number of nitrogens with zero attached hydrogens (tertiary/aromatic N) is 1. The van der Waals surface area contributed by atoms with Crippen LogP contribution in [-0.4, -0.2) is 25.7 Å². The Morgan fingerprint density at radius 2 is 2.00 bits per heavy atom. The zero-order valence-corrected chi connectivity index (χ0v) is 10.6. The summed E-state index contributed by atoms with van der Waals surface area (Å²) in [4.78, 5) is 4.30. The molecule has 2 aromatic rings. The molecule has 89 valence electrons.